The second-order valence-electron chi connectivity index (χ2n) is 7.87. The summed E-state index contributed by atoms with van der Waals surface area (Å²) in [6, 6.07) is 8.57. The molecule has 29 heavy (non-hydrogen) atoms. The Morgan fingerprint density at radius 3 is 2.10 bits per heavy atom. The van der Waals surface area contributed by atoms with Gasteiger partial charge in [-0.15, -0.1) is 0 Å². The molecule has 2 N–H and O–H groups in total. The van der Waals surface area contributed by atoms with Gasteiger partial charge in [-0.05, 0) is 50.0 Å². The Morgan fingerprint density at radius 1 is 1.10 bits per heavy atom. The van der Waals surface area contributed by atoms with Crippen molar-refractivity contribution < 1.29 is 24.2 Å². The van der Waals surface area contributed by atoms with E-state index in [1.165, 1.54) is 6.92 Å². The summed E-state index contributed by atoms with van der Waals surface area (Å²) >= 11 is 0. The zero-order chi connectivity index (χ0) is 21.8. The Balaban J connectivity index is 0.000000612. The number of esters is 1. The SMILES string of the molecule is CC(C)C1CCC(C(=O)N[C@H](Cc2ccccc2)C(=O)O)CC1.CCOC(C)=O. The van der Waals surface area contributed by atoms with E-state index in [0.29, 0.717) is 24.9 Å². The van der Waals surface area contributed by atoms with E-state index in [4.69, 9.17) is 0 Å². The summed E-state index contributed by atoms with van der Waals surface area (Å²) in [5, 5.41) is 12.1. The predicted octanol–water partition coefficient (Wildman–Crippen LogP) is 3.83. The number of carbonyl (C=O) groups excluding carboxylic acids is 2. The van der Waals surface area contributed by atoms with Crippen molar-refractivity contribution in [1.29, 1.82) is 0 Å². The summed E-state index contributed by atoms with van der Waals surface area (Å²) in [7, 11) is 0. The molecule has 6 nitrogen and oxygen atoms in total. The normalized spacial score (nSPS) is 19.5. The topological polar surface area (TPSA) is 92.7 Å². The third-order valence-electron chi connectivity index (χ3n) is 5.33. The molecule has 1 aliphatic carbocycles. The van der Waals surface area contributed by atoms with Crippen molar-refractivity contribution in [1.82, 2.24) is 5.32 Å². The van der Waals surface area contributed by atoms with Gasteiger partial charge in [0.1, 0.15) is 6.04 Å². The molecule has 1 amide bonds. The van der Waals surface area contributed by atoms with E-state index in [1.54, 1.807) is 6.92 Å². The number of nitrogens with one attached hydrogen (secondary N) is 1. The summed E-state index contributed by atoms with van der Waals surface area (Å²) < 4.78 is 4.40. The lowest BCUT2D eigenvalue weighted by Crippen LogP contribution is -2.45. The summed E-state index contributed by atoms with van der Waals surface area (Å²) in [6.07, 6.45) is 4.18. The van der Waals surface area contributed by atoms with Gasteiger partial charge in [-0.3, -0.25) is 9.59 Å². The predicted molar refractivity (Wildman–Crippen MR) is 112 cm³/mol. The van der Waals surface area contributed by atoms with E-state index in [1.807, 2.05) is 30.3 Å². The highest BCUT2D eigenvalue weighted by Crippen LogP contribution is 2.33. The number of rotatable bonds is 7. The number of benzene rings is 1. The third kappa shape index (κ3) is 9.59. The molecule has 0 bridgehead atoms. The van der Waals surface area contributed by atoms with Crippen LogP contribution in [0.1, 0.15) is 58.9 Å². The standard InChI is InChI=1S/C19H27NO3.C4H8O2/c1-13(2)15-8-10-16(11-9-15)18(21)20-17(19(22)23)12-14-6-4-3-5-7-14;1-3-6-4(2)5/h3-7,13,15-17H,8-12H2,1-2H3,(H,20,21)(H,22,23);3H2,1-2H3/t15?,16?,17-;/m1./s1. The number of carbonyl (C=O) groups is 3. The second-order valence-corrected chi connectivity index (χ2v) is 7.87. The van der Waals surface area contributed by atoms with Gasteiger partial charge in [-0.2, -0.15) is 0 Å². The molecule has 0 aromatic heterocycles. The first-order valence-electron chi connectivity index (χ1n) is 10.4. The van der Waals surface area contributed by atoms with E-state index in [2.05, 4.69) is 23.9 Å². The highest BCUT2D eigenvalue weighted by molar-refractivity contribution is 5.85. The molecule has 6 heteroatoms. The number of amides is 1. The van der Waals surface area contributed by atoms with Gasteiger partial charge in [0.15, 0.2) is 0 Å². The monoisotopic (exact) mass is 405 g/mol. The molecular weight excluding hydrogens is 370 g/mol. The fraction of sp³-hybridized carbons (Fsp3) is 0.609. The maximum absolute atomic E-state index is 12.4. The summed E-state index contributed by atoms with van der Waals surface area (Å²) in [4.78, 5) is 33.7. The number of ether oxygens (including phenoxy) is 1. The molecule has 0 saturated heterocycles. The van der Waals surface area contributed by atoms with Crippen molar-refractivity contribution in [3.05, 3.63) is 35.9 Å². The number of hydrogen-bond donors (Lipinski definition) is 2. The van der Waals surface area contributed by atoms with Gasteiger partial charge in [-0.1, -0.05) is 44.2 Å². The minimum Gasteiger partial charge on any atom is -0.480 e. The van der Waals surface area contributed by atoms with E-state index < -0.39 is 12.0 Å². The zero-order valence-electron chi connectivity index (χ0n) is 18.0. The van der Waals surface area contributed by atoms with E-state index in [0.717, 1.165) is 31.2 Å². The van der Waals surface area contributed by atoms with Crippen molar-refractivity contribution >= 4 is 17.8 Å². The summed E-state index contributed by atoms with van der Waals surface area (Å²) in [5.41, 5.74) is 0.920. The minimum absolute atomic E-state index is 0.0392. The van der Waals surface area contributed by atoms with Crippen LogP contribution in [0.4, 0.5) is 0 Å². The van der Waals surface area contributed by atoms with Gasteiger partial charge in [0, 0.05) is 19.3 Å². The van der Waals surface area contributed by atoms with Gasteiger partial charge in [0.2, 0.25) is 5.91 Å². The van der Waals surface area contributed by atoms with Crippen LogP contribution in [0.2, 0.25) is 0 Å². The van der Waals surface area contributed by atoms with E-state index in [9.17, 15) is 19.5 Å². The molecular formula is C23H35NO5. The molecule has 0 radical (unpaired) electrons. The molecule has 0 aliphatic heterocycles. The molecule has 1 aromatic carbocycles. The van der Waals surface area contributed by atoms with Crippen LogP contribution in [0.5, 0.6) is 0 Å². The van der Waals surface area contributed by atoms with Gasteiger partial charge in [0.05, 0.1) is 6.61 Å². The lowest BCUT2D eigenvalue weighted by Gasteiger charge is -2.30. The lowest BCUT2D eigenvalue weighted by atomic mass is 9.76. The van der Waals surface area contributed by atoms with Crippen LogP contribution in [0.25, 0.3) is 0 Å². The van der Waals surface area contributed by atoms with Crippen molar-refractivity contribution in [2.45, 2.75) is 65.8 Å². The Morgan fingerprint density at radius 2 is 1.69 bits per heavy atom. The van der Waals surface area contributed by atoms with Crippen LogP contribution in [0, 0.1) is 17.8 Å². The zero-order valence-corrected chi connectivity index (χ0v) is 18.0. The maximum atomic E-state index is 12.4. The lowest BCUT2D eigenvalue weighted by molar-refractivity contribution is -0.142. The highest BCUT2D eigenvalue weighted by Gasteiger charge is 2.30. The van der Waals surface area contributed by atoms with Crippen molar-refractivity contribution in [2.24, 2.45) is 17.8 Å². The number of carboxylic acid groups (broad SMARTS) is 1. The molecule has 0 heterocycles. The Labute approximate surface area is 174 Å². The summed E-state index contributed by atoms with van der Waals surface area (Å²) in [6.45, 7) is 8.11. The number of aliphatic carboxylic acids is 1. The first kappa shape index (κ1) is 24.7. The molecule has 0 unspecified atom stereocenters. The molecule has 1 aromatic rings. The molecule has 2 rings (SSSR count). The largest absolute Gasteiger partial charge is 0.480 e. The molecule has 1 atom stereocenters. The van der Waals surface area contributed by atoms with E-state index in [-0.39, 0.29) is 17.8 Å². The van der Waals surface area contributed by atoms with Gasteiger partial charge in [0.25, 0.3) is 0 Å². The Hall–Kier alpha value is -2.37. The van der Waals surface area contributed by atoms with E-state index >= 15 is 0 Å². The fourth-order valence-electron chi connectivity index (χ4n) is 3.59. The van der Waals surface area contributed by atoms with Crippen LogP contribution >= 0.6 is 0 Å². The molecule has 162 valence electrons. The molecule has 1 fully saturated rings. The fourth-order valence-corrected chi connectivity index (χ4v) is 3.59. The quantitative estimate of drug-likeness (QED) is 0.673. The van der Waals surface area contributed by atoms with Crippen molar-refractivity contribution in [3.8, 4) is 0 Å². The highest BCUT2D eigenvalue weighted by atomic mass is 16.5. The second kappa shape index (κ2) is 13.0. The average Bonchev–Trinajstić information content (AvgIpc) is 2.68. The van der Waals surface area contributed by atoms with Crippen LogP contribution in [-0.4, -0.2) is 35.6 Å². The van der Waals surface area contributed by atoms with Crippen LogP contribution in [-0.2, 0) is 25.5 Å². The third-order valence-corrected chi connectivity index (χ3v) is 5.33. The first-order chi connectivity index (χ1) is 13.7. The maximum Gasteiger partial charge on any atom is 0.326 e. The Bertz CT molecular complexity index is 636. The number of carboxylic acids is 1. The molecule has 0 spiro atoms. The van der Waals surface area contributed by atoms with Crippen LogP contribution in [0.15, 0.2) is 30.3 Å². The van der Waals surface area contributed by atoms with Crippen LogP contribution in [0.3, 0.4) is 0 Å². The minimum atomic E-state index is -0.974. The first-order valence-corrected chi connectivity index (χ1v) is 10.4. The van der Waals surface area contributed by atoms with Gasteiger partial charge in [-0.25, -0.2) is 4.79 Å². The smallest absolute Gasteiger partial charge is 0.326 e. The molecule has 1 aliphatic rings. The summed E-state index contributed by atoms with van der Waals surface area (Å²) in [5.74, 6) is 0.0243. The average molecular weight is 406 g/mol. The van der Waals surface area contributed by atoms with Gasteiger partial charge < -0.3 is 15.2 Å². The molecule has 1 saturated carbocycles. The van der Waals surface area contributed by atoms with Crippen molar-refractivity contribution in [3.63, 3.8) is 0 Å². The van der Waals surface area contributed by atoms with Crippen molar-refractivity contribution in [2.75, 3.05) is 6.61 Å². The Kier molecular flexibility index (Phi) is 11.0. The number of hydrogen-bond acceptors (Lipinski definition) is 4. The van der Waals surface area contributed by atoms with Crippen LogP contribution < -0.4 is 5.32 Å². The van der Waals surface area contributed by atoms with Gasteiger partial charge >= 0.3 is 11.9 Å².